The largest absolute Gasteiger partial charge is 0.460 e. The molecule has 2 aromatic rings. The summed E-state index contributed by atoms with van der Waals surface area (Å²) in [5.41, 5.74) is 1.04. The summed E-state index contributed by atoms with van der Waals surface area (Å²) in [6, 6.07) is 17.5. The fourth-order valence-electron chi connectivity index (χ4n) is 3.60. The van der Waals surface area contributed by atoms with Gasteiger partial charge in [-0.25, -0.2) is 4.79 Å². The monoisotopic (exact) mass is 512 g/mol. The molecule has 0 saturated carbocycles. The van der Waals surface area contributed by atoms with Gasteiger partial charge < -0.3 is 24.8 Å². The van der Waals surface area contributed by atoms with Crippen molar-refractivity contribution in [1.82, 2.24) is 10.6 Å². The first-order chi connectivity index (χ1) is 17.5. The highest BCUT2D eigenvalue weighted by atomic mass is 16.6. The lowest BCUT2D eigenvalue weighted by Crippen LogP contribution is -2.49. The van der Waals surface area contributed by atoms with Crippen LogP contribution in [0.2, 0.25) is 0 Å². The maximum atomic E-state index is 12.9. The number of ether oxygens (including phenoxy) is 3. The summed E-state index contributed by atoms with van der Waals surface area (Å²) in [5.74, 6) is -0.808. The number of carbonyl (C=O) groups is 3. The molecule has 0 radical (unpaired) electrons. The maximum absolute atomic E-state index is 12.9. The van der Waals surface area contributed by atoms with E-state index in [1.54, 1.807) is 20.8 Å². The predicted molar refractivity (Wildman–Crippen MR) is 141 cm³/mol. The average Bonchev–Trinajstić information content (AvgIpc) is 2.83. The number of esters is 2. The minimum Gasteiger partial charge on any atom is -0.460 e. The van der Waals surface area contributed by atoms with Crippen molar-refractivity contribution in [3.05, 3.63) is 71.8 Å². The Morgan fingerprint density at radius 1 is 0.838 bits per heavy atom. The standard InChI is InChI=1S/C29H40N2O6/c1-21(2)16-24(31-28(34)36-20-23-14-10-7-11-15-23)18-30-25(17-26(32)37-29(3,4)5)27(33)35-19-22-12-8-6-9-13-22/h6-15,21,24-25,30H,16-20H2,1-5H3,(H,31,34)/t24-,25-/m0/s1. The van der Waals surface area contributed by atoms with Crippen molar-refractivity contribution < 1.29 is 28.6 Å². The summed E-state index contributed by atoms with van der Waals surface area (Å²) in [6.07, 6.45) is -0.102. The summed E-state index contributed by atoms with van der Waals surface area (Å²) in [4.78, 5) is 37.9. The molecule has 0 aromatic heterocycles. The molecule has 8 nitrogen and oxygen atoms in total. The molecule has 1 amide bonds. The fraction of sp³-hybridized carbons (Fsp3) is 0.483. The Labute approximate surface area is 220 Å². The summed E-state index contributed by atoms with van der Waals surface area (Å²) in [6.45, 7) is 9.87. The molecule has 37 heavy (non-hydrogen) atoms. The van der Waals surface area contributed by atoms with Crippen molar-refractivity contribution >= 4 is 18.0 Å². The molecule has 0 aliphatic heterocycles. The number of rotatable bonds is 13. The van der Waals surface area contributed by atoms with Gasteiger partial charge in [-0.2, -0.15) is 0 Å². The molecule has 0 aliphatic rings. The highest BCUT2D eigenvalue weighted by molar-refractivity contribution is 5.83. The lowest BCUT2D eigenvalue weighted by molar-refractivity contribution is -0.160. The smallest absolute Gasteiger partial charge is 0.407 e. The van der Waals surface area contributed by atoms with Crippen molar-refractivity contribution in [2.75, 3.05) is 6.54 Å². The maximum Gasteiger partial charge on any atom is 0.407 e. The molecule has 0 spiro atoms. The zero-order valence-electron chi connectivity index (χ0n) is 22.5. The third-order valence-corrected chi connectivity index (χ3v) is 5.20. The summed E-state index contributed by atoms with van der Waals surface area (Å²) >= 11 is 0. The van der Waals surface area contributed by atoms with Crippen molar-refractivity contribution in [2.24, 2.45) is 5.92 Å². The summed E-state index contributed by atoms with van der Waals surface area (Å²) < 4.78 is 16.3. The average molecular weight is 513 g/mol. The molecule has 2 atom stereocenters. The highest BCUT2D eigenvalue weighted by Gasteiger charge is 2.28. The minimum atomic E-state index is -0.935. The Bertz CT molecular complexity index is 973. The van der Waals surface area contributed by atoms with Gasteiger partial charge in [-0.15, -0.1) is 0 Å². The van der Waals surface area contributed by atoms with Crippen molar-refractivity contribution in [1.29, 1.82) is 0 Å². The third-order valence-electron chi connectivity index (χ3n) is 5.20. The number of nitrogens with one attached hydrogen (secondary N) is 2. The highest BCUT2D eigenvalue weighted by Crippen LogP contribution is 2.12. The Morgan fingerprint density at radius 2 is 1.38 bits per heavy atom. The van der Waals surface area contributed by atoms with Crippen LogP contribution in [0.15, 0.2) is 60.7 Å². The fourth-order valence-corrected chi connectivity index (χ4v) is 3.60. The summed E-state index contributed by atoms with van der Waals surface area (Å²) in [7, 11) is 0. The van der Waals surface area contributed by atoms with Crippen LogP contribution in [0.25, 0.3) is 0 Å². The van der Waals surface area contributed by atoms with E-state index in [1.807, 2.05) is 74.5 Å². The molecule has 0 saturated heterocycles. The van der Waals surface area contributed by atoms with Gasteiger partial charge in [-0.3, -0.25) is 9.59 Å². The van der Waals surface area contributed by atoms with Crippen LogP contribution in [0, 0.1) is 5.92 Å². The van der Waals surface area contributed by atoms with Crippen LogP contribution >= 0.6 is 0 Å². The molecule has 202 valence electrons. The number of hydrogen-bond acceptors (Lipinski definition) is 7. The van der Waals surface area contributed by atoms with Crippen LogP contribution in [-0.4, -0.2) is 42.3 Å². The molecule has 2 rings (SSSR count). The predicted octanol–water partition coefficient (Wildman–Crippen LogP) is 4.76. The van der Waals surface area contributed by atoms with Crippen molar-refractivity contribution in [3.63, 3.8) is 0 Å². The first kappa shape index (κ1) is 29.8. The second kappa shape index (κ2) is 15.0. The van der Waals surface area contributed by atoms with Gasteiger partial charge in [0.25, 0.3) is 0 Å². The SMILES string of the molecule is CC(C)C[C@@H](CN[C@@H](CC(=O)OC(C)(C)C)C(=O)OCc1ccccc1)NC(=O)OCc1ccccc1. The lowest BCUT2D eigenvalue weighted by Gasteiger charge is -2.25. The molecular weight excluding hydrogens is 472 g/mol. The normalized spacial score (nSPS) is 12.9. The summed E-state index contributed by atoms with van der Waals surface area (Å²) in [5, 5.41) is 5.98. The first-order valence-electron chi connectivity index (χ1n) is 12.6. The second-order valence-electron chi connectivity index (χ2n) is 10.4. The minimum absolute atomic E-state index is 0.0889. The van der Waals surface area contributed by atoms with Crippen LogP contribution in [0.4, 0.5) is 4.79 Å². The number of amides is 1. The number of alkyl carbamates (subject to hydrolysis) is 1. The Kier molecular flexibility index (Phi) is 12.1. The van der Waals surface area contributed by atoms with Gasteiger partial charge in [0, 0.05) is 12.6 Å². The molecular formula is C29H40N2O6. The van der Waals surface area contributed by atoms with E-state index < -0.39 is 29.7 Å². The van der Waals surface area contributed by atoms with E-state index in [0.29, 0.717) is 6.42 Å². The van der Waals surface area contributed by atoms with Gasteiger partial charge in [0.2, 0.25) is 0 Å². The molecule has 0 unspecified atom stereocenters. The second-order valence-corrected chi connectivity index (χ2v) is 10.4. The van der Waals surface area contributed by atoms with Crippen LogP contribution in [-0.2, 0) is 37.0 Å². The van der Waals surface area contributed by atoms with Gasteiger partial charge in [0.05, 0.1) is 6.42 Å². The molecule has 0 bridgehead atoms. The molecule has 0 heterocycles. The van der Waals surface area contributed by atoms with Gasteiger partial charge in [-0.05, 0) is 44.2 Å². The zero-order valence-corrected chi connectivity index (χ0v) is 22.5. The number of hydrogen-bond donors (Lipinski definition) is 2. The van der Waals surface area contributed by atoms with Crippen LogP contribution < -0.4 is 10.6 Å². The molecule has 2 aromatic carbocycles. The van der Waals surface area contributed by atoms with Crippen molar-refractivity contribution in [2.45, 2.75) is 78.4 Å². The van der Waals surface area contributed by atoms with Gasteiger partial charge >= 0.3 is 18.0 Å². The van der Waals surface area contributed by atoms with Crippen LogP contribution in [0.3, 0.4) is 0 Å². The number of carbonyl (C=O) groups excluding carboxylic acids is 3. The van der Waals surface area contributed by atoms with Gasteiger partial charge in [0.15, 0.2) is 0 Å². The first-order valence-corrected chi connectivity index (χ1v) is 12.6. The van der Waals surface area contributed by atoms with E-state index in [-0.39, 0.29) is 38.1 Å². The Balaban J connectivity index is 2.00. The Hall–Kier alpha value is -3.39. The van der Waals surface area contributed by atoms with E-state index in [2.05, 4.69) is 10.6 Å². The molecule has 2 N–H and O–H groups in total. The molecule has 0 fully saturated rings. The van der Waals surface area contributed by atoms with Gasteiger partial charge in [-0.1, -0.05) is 74.5 Å². The topological polar surface area (TPSA) is 103 Å². The quantitative estimate of drug-likeness (QED) is 0.295. The van der Waals surface area contributed by atoms with Gasteiger partial charge in [0.1, 0.15) is 24.9 Å². The molecule has 0 aliphatic carbocycles. The van der Waals surface area contributed by atoms with Crippen molar-refractivity contribution in [3.8, 4) is 0 Å². The van der Waals surface area contributed by atoms with E-state index in [4.69, 9.17) is 14.2 Å². The van der Waals surface area contributed by atoms with Crippen LogP contribution in [0.5, 0.6) is 0 Å². The van der Waals surface area contributed by atoms with E-state index in [1.165, 1.54) is 0 Å². The molecule has 8 heteroatoms. The number of benzene rings is 2. The van der Waals surface area contributed by atoms with E-state index in [0.717, 1.165) is 11.1 Å². The van der Waals surface area contributed by atoms with E-state index >= 15 is 0 Å². The van der Waals surface area contributed by atoms with Crippen LogP contribution in [0.1, 0.15) is 58.6 Å². The lowest BCUT2D eigenvalue weighted by atomic mass is 10.0. The zero-order chi connectivity index (χ0) is 27.3. The Morgan fingerprint density at radius 3 is 1.89 bits per heavy atom. The third kappa shape index (κ3) is 12.9. The van der Waals surface area contributed by atoms with E-state index in [9.17, 15) is 14.4 Å².